The minimum atomic E-state index is -0.613. The van der Waals surface area contributed by atoms with Crippen LogP contribution in [0.15, 0.2) is 48.2 Å². The van der Waals surface area contributed by atoms with Gasteiger partial charge in [0.1, 0.15) is 12.2 Å². The Hall–Kier alpha value is -3.42. The van der Waals surface area contributed by atoms with Crippen LogP contribution in [0.2, 0.25) is 0 Å². The lowest BCUT2D eigenvalue weighted by molar-refractivity contribution is -0.422. The predicted octanol–water partition coefficient (Wildman–Crippen LogP) is 4.21. The summed E-state index contributed by atoms with van der Waals surface area (Å²) in [5.74, 6) is 0.391. The molecule has 0 saturated carbocycles. The molecule has 8 heteroatoms. The van der Waals surface area contributed by atoms with E-state index >= 15 is 0 Å². The van der Waals surface area contributed by atoms with Gasteiger partial charge in [0, 0.05) is 19.1 Å². The van der Waals surface area contributed by atoms with Gasteiger partial charge in [-0.2, -0.15) is 0 Å². The number of hydrogen-bond acceptors (Lipinski definition) is 6. The summed E-state index contributed by atoms with van der Waals surface area (Å²) in [6.45, 7) is 3.48. The summed E-state index contributed by atoms with van der Waals surface area (Å²) in [6.07, 6.45) is 1.13. The normalized spacial score (nSPS) is 11.1. The van der Waals surface area contributed by atoms with Crippen molar-refractivity contribution in [3.63, 3.8) is 0 Å². The molecule has 26 heavy (non-hydrogen) atoms. The standard InChI is InChI=1S/C18H18N2O6/c1-3-25-17-10-9-16(20(23)24)15(11-13(2)19(21)22)18(17)26-12-14-7-5-4-6-8-14/h4-11H,3,12H2,1-2H3. The van der Waals surface area contributed by atoms with E-state index in [-0.39, 0.29) is 35.1 Å². The van der Waals surface area contributed by atoms with E-state index in [0.29, 0.717) is 6.61 Å². The number of ether oxygens (including phenoxy) is 2. The molecule has 0 aliphatic rings. The van der Waals surface area contributed by atoms with Gasteiger partial charge in [-0.05, 0) is 18.6 Å². The van der Waals surface area contributed by atoms with Crippen molar-refractivity contribution < 1.29 is 19.3 Å². The van der Waals surface area contributed by atoms with Crippen LogP contribution in [0.5, 0.6) is 11.5 Å². The van der Waals surface area contributed by atoms with E-state index in [9.17, 15) is 20.2 Å². The molecule has 0 aliphatic heterocycles. The minimum Gasteiger partial charge on any atom is -0.490 e. The zero-order valence-electron chi connectivity index (χ0n) is 14.4. The predicted molar refractivity (Wildman–Crippen MR) is 95.7 cm³/mol. The number of nitrogens with zero attached hydrogens (tertiary/aromatic N) is 2. The summed E-state index contributed by atoms with van der Waals surface area (Å²) in [5, 5.41) is 22.4. The van der Waals surface area contributed by atoms with Crippen LogP contribution in [-0.2, 0) is 6.61 Å². The van der Waals surface area contributed by atoms with Gasteiger partial charge in [0.25, 0.3) is 5.69 Å². The molecule has 0 amide bonds. The third kappa shape index (κ3) is 4.56. The van der Waals surface area contributed by atoms with E-state index in [1.54, 1.807) is 6.92 Å². The summed E-state index contributed by atoms with van der Waals surface area (Å²) in [7, 11) is 0. The molecule has 8 nitrogen and oxygen atoms in total. The first-order valence-corrected chi connectivity index (χ1v) is 7.87. The van der Waals surface area contributed by atoms with Crippen molar-refractivity contribution in [2.45, 2.75) is 20.5 Å². The van der Waals surface area contributed by atoms with Crippen molar-refractivity contribution in [1.82, 2.24) is 0 Å². The quantitative estimate of drug-likeness (QED) is 0.517. The number of nitro groups is 2. The van der Waals surface area contributed by atoms with E-state index in [2.05, 4.69) is 0 Å². The Balaban J connectivity index is 2.55. The average Bonchev–Trinajstić information content (AvgIpc) is 2.61. The second-order valence-corrected chi connectivity index (χ2v) is 5.33. The van der Waals surface area contributed by atoms with Crippen LogP contribution >= 0.6 is 0 Å². The third-order valence-electron chi connectivity index (χ3n) is 3.50. The summed E-state index contributed by atoms with van der Waals surface area (Å²) in [4.78, 5) is 21.1. The molecular weight excluding hydrogens is 340 g/mol. The van der Waals surface area contributed by atoms with E-state index in [0.717, 1.165) is 11.6 Å². The number of allylic oxidation sites excluding steroid dienone is 1. The number of rotatable bonds is 8. The monoisotopic (exact) mass is 358 g/mol. The van der Waals surface area contributed by atoms with Crippen molar-refractivity contribution in [3.8, 4) is 11.5 Å². The van der Waals surface area contributed by atoms with Crippen LogP contribution in [0.3, 0.4) is 0 Å². The summed E-state index contributed by atoms with van der Waals surface area (Å²) < 4.78 is 11.3. The topological polar surface area (TPSA) is 105 Å². The zero-order valence-corrected chi connectivity index (χ0v) is 14.4. The van der Waals surface area contributed by atoms with Gasteiger partial charge in [0.15, 0.2) is 11.5 Å². The Morgan fingerprint density at radius 3 is 2.35 bits per heavy atom. The molecule has 0 bridgehead atoms. The van der Waals surface area contributed by atoms with Gasteiger partial charge in [-0.3, -0.25) is 20.2 Å². The Bertz CT molecular complexity index is 833. The summed E-state index contributed by atoms with van der Waals surface area (Å²) in [6, 6.07) is 11.9. The Morgan fingerprint density at radius 1 is 1.08 bits per heavy atom. The smallest absolute Gasteiger partial charge is 0.280 e. The van der Waals surface area contributed by atoms with Crippen molar-refractivity contribution in [2.24, 2.45) is 0 Å². The molecular formula is C18H18N2O6. The van der Waals surface area contributed by atoms with Crippen LogP contribution in [0, 0.1) is 20.2 Å². The Morgan fingerprint density at radius 2 is 1.77 bits per heavy atom. The molecule has 0 saturated heterocycles. The van der Waals surface area contributed by atoms with E-state index < -0.39 is 9.85 Å². The van der Waals surface area contributed by atoms with Gasteiger partial charge in [0.2, 0.25) is 5.70 Å². The molecule has 0 fully saturated rings. The third-order valence-corrected chi connectivity index (χ3v) is 3.50. The molecule has 2 rings (SSSR count). The van der Waals surface area contributed by atoms with Crippen LogP contribution in [0.4, 0.5) is 5.69 Å². The van der Waals surface area contributed by atoms with E-state index in [4.69, 9.17) is 9.47 Å². The lowest BCUT2D eigenvalue weighted by atomic mass is 10.1. The highest BCUT2D eigenvalue weighted by molar-refractivity contribution is 5.72. The van der Waals surface area contributed by atoms with Crippen molar-refractivity contribution in [2.75, 3.05) is 6.61 Å². The highest BCUT2D eigenvalue weighted by Crippen LogP contribution is 2.39. The van der Waals surface area contributed by atoms with Crippen LogP contribution < -0.4 is 9.47 Å². The minimum absolute atomic E-state index is 0.00563. The van der Waals surface area contributed by atoms with Crippen LogP contribution in [0.1, 0.15) is 25.0 Å². The molecule has 136 valence electrons. The molecule has 0 heterocycles. The van der Waals surface area contributed by atoms with Gasteiger partial charge >= 0.3 is 0 Å². The zero-order chi connectivity index (χ0) is 19.1. The largest absolute Gasteiger partial charge is 0.490 e. The Labute approximate surface area is 150 Å². The fourth-order valence-electron chi connectivity index (χ4n) is 2.28. The van der Waals surface area contributed by atoms with Crippen molar-refractivity contribution >= 4 is 11.8 Å². The second-order valence-electron chi connectivity index (χ2n) is 5.33. The number of benzene rings is 2. The fraction of sp³-hybridized carbons (Fsp3) is 0.222. The maximum Gasteiger partial charge on any atom is 0.280 e. The summed E-state index contributed by atoms with van der Waals surface area (Å²) in [5.41, 5.74) is 0.317. The first-order chi connectivity index (χ1) is 12.4. The highest BCUT2D eigenvalue weighted by atomic mass is 16.6. The molecule has 0 N–H and O–H groups in total. The molecule has 2 aromatic carbocycles. The average molecular weight is 358 g/mol. The molecule has 0 unspecified atom stereocenters. The molecule has 2 aromatic rings. The fourth-order valence-corrected chi connectivity index (χ4v) is 2.28. The first kappa shape index (κ1) is 18.9. The maximum absolute atomic E-state index is 11.4. The van der Waals surface area contributed by atoms with Crippen LogP contribution in [-0.4, -0.2) is 16.5 Å². The van der Waals surface area contributed by atoms with Crippen molar-refractivity contribution in [1.29, 1.82) is 0 Å². The van der Waals surface area contributed by atoms with E-state index in [1.807, 2.05) is 30.3 Å². The van der Waals surface area contributed by atoms with Gasteiger partial charge in [0.05, 0.1) is 16.5 Å². The number of hydrogen-bond donors (Lipinski definition) is 0. The van der Waals surface area contributed by atoms with Crippen LogP contribution in [0.25, 0.3) is 6.08 Å². The van der Waals surface area contributed by atoms with E-state index in [1.165, 1.54) is 19.1 Å². The molecule has 0 spiro atoms. The first-order valence-electron chi connectivity index (χ1n) is 7.87. The van der Waals surface area contributed by atoms with Crippen molar-refractivity contribution in [3.05, 3.63) is 79.5 Å². The lowest BCUT2D eigenvalue weighted by Gasteiger charge is -2.14. The molecule has 0 radical (unpaired) electrons. The molecule has 0 aromatic heterocycles. The summed E-state index contributed by atoms with van der Waals surface area (Å²) >= 11 is 0. The van der Waals surface area contributed by atoms with Gasteiger partial charge < -0.3 is 9.47 Å². The van der Waals surface area contributed by atoms with Gasteiger partial charge in [-0.1, -0.05) is 30.3 Å². The maximum atomic E-state index is 11.4. The number of nitro benzene ring substituents is 1. The second kappa shape index (κ2) is 8.61. The molecule has 0 atom stereocenters. The SMILES string of the molecule is CCOc1ccc([N+](=O)[O-])c(C=C(C)[N+](=O)[O-])c1OCc1ccccc1. The highest BCUT2D eigenvalue weighted by Gasteiger charge is 2.23. The molecule has 0 aliphatic carbocycles. The lowest BCUT2D eigenvalue weighted by Crippen LogP contribution is -2.04. The Kier molecular flexibility index (Phi) is 6.26. The van der Waals surface area contributed by atoms with Gasteiger partial charge in [-0.25, -0.2) is 0 Å². The van der Waals surface area contributed by atoms with Gasteiger partial charge in [-0.15, -0.1) is 0 Å².